The number of hydrogen-bond acceptors (Lipinski definition) is 4. The highest BCUT2D eigenvalue weighted by Crippen LogP contribution is 2.34. The predicted octanol–water partition coefficient (Wildman–Crippen LogP) is 5.06. The number of hydrogen-bond donors (Lipinski definition) is 1. The van der Waals surface area contributed by atoms with E-state index in [1.165, 1.54) is 10.7 Å². The number of carbonyl (C=O) groups excluding carboxylic acids is 1. The summed E-state index contributed by atoms with van der Waals surface area (Å²) in [7, 11) is 0. The largest absolute Gasteiger partial charge is 0.322 e. The molecular weight excluding hydrogens is 426 g/mol. The van der Waals surface area contributed by atoms with E-state index in [-0.39, 0.29) is 17.5 Å². The molecule has 0 aliphatic carbocycles. The van der Waals surface area contributed by atoms with Crippen LogP contribution in [0.2, 0.25) is 0 Å². The van der Waals surface area contributed by atoms with Gasteiger partial charge in [-0.05, 0) is 44.2 Å². The van der Waals surface area contributed by atoms with Crippen molar-refractivity contribution in [3.05, 3.63) is 107 Å². The molecule has 0 saturated carbocycles. The second-order valence-corrected chi connectivity index (χ2v) is 8.25. The van der Waals surface area contributed by atoms with Crippen molar-refractivity contribution in [1.29, 1.82) is 0 Å². The van der Waals surface area contributed by atoms with Crippen LogP contribution in [0, 0.1) is 0 Å². The second-order valence-electron chi connectivity index (χ2n) is 8.25. The zero-order valence-electron chi connectivity index (χ0n) is 18.8. The van der Waals surface area contributed by atoms with Crippen LogP contribution in [-0.4, -0.2) is 25.3 Å². The Bertz CT molecular complexity index is 1540. The molecule has 0 spiro atoms. The smallest absolute Gasteiger partial charge is 0.267 e. The van der Waals surface area contributed by atoms with Gasteiger partial charge in [0.15, 0.2) is 0 Å². The third-order valence-electron chi connectivity index (χ3n) is 5.55. The standard InChI is InChI=1S/C27H23N5O2/c1-18(2)32-24(33)14-13-22(29-32)25-23-17-21(28-27(34)20-11-7-4-8-12-20)15-16-31(23)30-26(25)19-9-5-3-6-10-19/h3-18H,1-2H3,(H,28,34). The molecule has 0 saturated heterocycles. The average Bonchev–Trinajstić information content (AvgIpc) is 3.24. The Balaban J connectivity index is 1.68. The summed E-state index contributed by atoms with van der Waals surface area (Å²) in [4.78, 5) is 25.0. The van der Waals surface area contributed by atoms with E-state index in [9.17, 15) is 9.59 Å². The maximum atomic E-state index is 12.7. The molecule has 0 fully saturated rings. The first-order valence-corrected chi connectivity index (χ1v) is 11.1. The zero-order chi connectivity index (χ0) is 23.7. The lowest BCUT2D eigenvalue weighted by Crippen LogP contribution is -2.23. The van der Waals surface area contributed by atoms with Crippen molar-refractivity contribution in [2.24, 2.45) is 0 Å². The van der Waals surface area contributed by atoms with Gasteiger partial charge in [0.25, 0.3) is 11.5 Å². The molecule has 0 atom stereocenters. The molecule has 0 aliphatic rings. The number of aromatic nitrogens is 4. The van der Waals surface area contributed by atoms with Gasteiger partial charge in [0.2, 0.25) is 0 Å². The van der Waals surface area contributed by atoms with Crippen molar-refractivity contribution >= 4 is 17.1 Å². The first kappa shape index (κ1) is 21.3. The Morgan fingerprint density at radius 2 is 1.59 bits per heavy atom. The number of benzene rings is 2. The van der Waals surface area contributed by atoms with Crippen LogP contribution in [0.15, 0.2) is 95.9 Å². The van der Waals surface area contributed by atoms with Gasteiger partial charge in [-0.2, -0.15) is 10.2 Å². The highest BCUT2D eigenvalue weighted by Gasteiger charge is 2.19. The van der Waals surface area contributed by atoms with Crippen molar-refractivity contribution in [3.8, 4) is 22.5 Å². The molecule has 168 valence electrons. The molecule has 0 radical (unpaired) electrons. The van der Waals surface area contributed by atoms with E-state index in [2.05, 4.69) is 10.4 Å². The van der Waals surface area contributed by atoms with Crippen LogP contribution in [0.1, 0.15) is 30.2 Å². The van der Waals surface area contributed by atoms with E-state index in [4.69, 9.17) is 5.10 Å². The van der Waals surface area contributed by atoms with Crippen molar-refractivity contribution in [3.63, 3.8) is 0 Å². The number of fused-ring (bicyclic) bond motifs is 1. The van der Waals surface area contributed by atoms with Gasteiger partial charge in [0.1, 0.15) is 5.69 Å². The summed E-state index contributed by atoms with van der Waals surface area (Å²) < 4.78 is 3.23. The molecule has 7 nitrogen and oxygen atoms in total. The van der Waals surface area contributed by atoms with Gasteiger partial charge in [0.05, 0.1) is 22.8 Å². The Hall–Kier alpha value is -4.52. The molecule has 2 aromatic carbocycles. The fraction of sp³-hybridized carbons (Fsp3) is 0.111. The molecule has 0 unspecified atom stereocenters. The summed E-state index contributed by atoms with van der Waals surface area (Å²) in [6.07, 6.45) is 1.81. The first-order chi connectivity index (χ1) is 16.5. The number of nitrogens with one attached hydrogen (secondary N) is 1. The van der Waals surface area contributed by atoms with Gasteiger partial charge in [-0.15, -0.1) is 0 Å². The lowest BCUT2D eigenvalue weighted by atomic mass is 10.0. The van der Waals surface area contributed by atoms with Gasteiger partial charge in [0, 0.05) is 29.1 Å². The summed E-state index contributed by atoms with van der Waals surface area (Å²) in [6, 6.07) is 25.8. The molecule has 0 aliphatic heterocycles. The van der Waals surface area contributed by atoms with E-state index in [1.54, 1.807) is 22.7 Å². The van der Waals surface area contributed by atoms with Crippen molar-refractivity contribution in [2.45, 2.75) is 19.9 Å². The number of amides is 1. The maximum absolute atomic E-state index is 12.7. The molecule has 3 aromatic heterocycles. The van der Waals surface area contributed by atoms with E-state index in [0.717, 1.165) is 22.3 Å². The Labute approximate surface area is 196 Å². The van der Waals surface area contributed by atoms with Crippen molar-refractivity contribution in [2.75, 3.05) is 5.32 Å². The van der Waals surface area contributed by atoms with Crippen LogP contribution in [0.5, 0.6) is 0 Å². The normalized spacial score (nSPS) is 11.1. The third-order valence-corrected chi connectivity index (χ3v) is 5.55. The number of pyridine rings is 1. The highest BCUT2D eigenvalue weighted by atomic mass is 16.1. The molecule has 7 heteroatoms. The summed E-state index contributed by atoms with van der Waals surface area (Å²) >= 11 is 0. The monoisotopic (exact) mass is 449 g/mol. The lowest BCUT2D eigenvalue weighted by molar-refractivity contribution is 0.102. The van der Waals surface area contributed by atoms with Gasteiger partial charge in [-0.3, -0.25) is 9.59 Å². The summed E-state index contributed by atoms with van der Waals surface area (Å²) in [5.74, 6) is -0.194. The molecule has 0 bridgehead atoms. The van der Waals surface area contributed by atoms with Gasteiger partial charge >= 0.3 is 0 Å². The molecule has 1 amide bonds. The van der Waals surface area contributed by atoms with E-state index in [0.29, 0.717) is 16.9 Å². The summed E-state index contributed by atoms with van der Waals surface area (Å²) in [6.45, 7) is 3.84. The minimum Gasteiger partial charge on any atom is -0.322 e. The Morgan fingerprint density at radius 3 is 2.29 bits per heavy atom. The molecule has 34 heavy (non-hydrogen) atoms. The van der Waals surface area contributed by atoms with E-state index in [1.807, 2.05) is 80.7 Å². The second kappa shape index (κ2) is 8.78. The van der Waals surface area contributed by atoms with Crippen LogP contribution in [0.3, 0.4) is 0 Å². The topological polar surface area (TPSA) is 81.3 Å². The first-order valence-electron chi connectivity index (χ1n) is 11.1. The SMILES string of the molecule is CC(C)n1nc(-c2c(-c3ccccc3)nn3ccc(NC(=O)c4ccccc4)cc23)ccc1=O. The van der Waals surface area contributed by atoms with Gasteiger partial charge in [-0.25, -0.2) is 9.20 Å². The third kappa shape index (κ3) is 3.99. The Morgan fingerprint density at radius 1 is 0.882 bits per heavy atom. The zero-order valence-corrected chi connectivity index (χ0v) is 18.8. The minimum absolute atomic E-state index is 0.0878. The fourth-order valence-corrected chi connectivity index (χ4v) is 3.90. The van der Waals surface area contributed by atoms with E-state index >= 15 is 0 Å². The maximum Gasteiger partial charge on any atom is 0.267 e. The van der Waals surface area contributed by atoms with E-state index < -0.39 is 0 Å². The van der Waals surface area contributed by atoms with Crippen LogP contribution >= 0.6 is 0 Å². The molecule has 5 aromatic rings. The number of nitrogens with zero attached hydrogens (tertiary/aromatic N) is 4. The minimum atomic E-state index is -0.194. The number of anilines is 1. The highest BCUT2D eigenvalue weighted by molar-refractivity contribution is 6.05. The number of rotatable bonds is 5. The Kier molecular flexibility index (Phi) is 5.51. The molecule has 1 N–H and O–H groups in total. The van der Waals surface area contributed by atoms with Gasteiger partial charge in [-0.1, -0.05) is 48.5 Å². The molecule has 3 heterocycles. The van der Waals surface area contributed by atoms with Gasteiger partial charge < -0.3 is 5.32 Å². The van der Waals surface area contributed by atoms with Crippen molar-refractivity contribution < 1.29 is 4.79 Å². The average molecular weight is 450 g/mol. The molecule has 5 rings (SSSR count). The van der Waals surface area contributed by atoms with Crippen LogP contribution in [0.4, 0.5) is 5.69 Å². The van der Waals surface area contributed by atoms with Crippen LogP contribution < -0.4 is 10.9 Å². The lowest BCUT2D eigenvalue weighted by Gasteiger charge is -2.11. The van der Waals surface area contributed by atoms with Crippen LogP contribution in [-0.2, 0) is 0 Å². The van der Waals surface area contributed by atoms with Crippen LogP contribution in [0.25, 0.3) is 28.0 Å². The quantitative estimate of drug-likeness (QED) is 0.407. The molecular formula is C27H23N5O2. The summed E-state index contributed by atoms with van der Waals surface area (Å²) in [5, 5.41) is 12.4. The summed E-state index contributed by atoms with van der Waals surface area (Å²) in [5.41, 5.74) is 4.92. The fourth-order valence-electron chi connectivity index (χ4n) is 3.90. The predicted molar refractivity (Wildman–Crippen MR) is 133 cm³/mol. The number of carbonyl (C=O) groups is 1. The van der Waals surface area contributed by atoms with Crippen molar-refractivity contribution in [1.82, 2.24) is 19.4 Å².